The van der Waals surface area contributed by atoms with E-state index in [0.29, 0.717) is 0 Å². The van der Waals surface area contributed by atoms with E-state index in [2.05, 4.69) is 17.2 Å². The molecule has 0 bridgehead atoms. The summed E-state index contributed by atoms with van der Waals surface area (Å²) in [6.07, 6.45) is 1.89. The SMILES string of the molecule is CC#CCCNCCOCCCOC. The van der Waals surface area contributed by atoms with Crippen LogP contribution in [0.25, 0.3) is 0 Å². The fraction of sp³-hybridized carbons (Fsp3) is 0.818. The average molecular weight is 199 g/mol. The van der Waals surface area contributed by atoms with Gasteiger partial charge in [0.1, 0.15) is 0 Å². The summed E-state index contributed by atoms with van der Waals surface area (Å²) in [5, 5.41) is 3.25. The summed E-state index contributed by atoms with van der Waals surface area (Å²) in [6.45, 7) is 6.03. The Kier molecular flexibility index (Phi) is 11.9. The van der Waals surface area contributed by atoms with Gasteiger partial charge in [-0.15, -0.1) is 11.8 Å². The van der Waals surface area contributed by atoms with E-state index in [1.807, 2.05) is 6.92 Å². The predicted octanol–water partition coefficient (Wildman–Crippen LogP) is 1.04. The minimum Gasteiger partial charge on any atom is -0.385 e. The van der Waals surface area contributed by atoms with Gasteiger partial charge in [0.25, 0.3) is 0 Å². The van der Waals surface area contributed by atoms with Crippen molar-refractivity contribution in [3.63, 3.8) is 0 Å². The van der Waals surface area contributed by atoms with Crippen LogP contribution in [0.3, 0.4) is 0 Å². The Balaban J connectivity index is 2.87. The van der Waals surface area contributed by atoms with Crippen molar-refractivity contribution in [1.82, 2.24) is 5.32 Å². The zero-order valence-corrected chi connectivity index (χ0v) is 9.27. The second kappa shape index (κ2) is 12.4. The van der Waals surface area contributed by atoms with E-state index in [1.54, 1.807) is 7.11 Å². The third kappa shape index (κ3) is 11.4. The highest BCUT2D eigenvalue weighted by molar-refractivity contribution is 4.94. The molecule has 0 aromatic carbocycles. The minimum atomic E-state index is 0.767. The Hall–Kier alpha value is -0.560. The summed E-state index contributed by atoms with van der Waals surface area (Å²) in [5.74, 6) is 5.86. The maximum Gasteiger partial charge on any atom is 0.0590 e. The molecule has 0 radical (unpaired) electrons. The molecule has 3 heteroatoms. The molecule has 0 atom stereocenters. The first-order chi connectivity index (χ1) is 6.91. The van der Waals surface area contributed by atoms with Crippen molar-refractivity contribution in [1.29, 1.82) is 0 Å². The maximum atomic E-state index is 5.36. The van der Waals surface area contributed by atoms with Crippen LogP contribution >= 0.6 is 0 Å². The summed E-state index contributed by atoms with van der Waals surface area (Å²) in [7, 11) is 1.70. The van der Waals surface area contributed by atoms with E-state index >= 15 is 0 Å². The molecule has 0 spiro atoms. The molecule has 0 aliphatic rings. The van der Waals surface area contributed by atoms with Crippen molar-refractivity contribution in [2.24, 2.45) is 0 Å². The lowest BCUT2D eigenvalue weighted by atomic mass is 10.4. The lowest BCUT2D eigenvalue weighted by Crippen LogP contribution is -2.20. The van der Waals surface area contributed by atoms with Crippen LogP contribution in [-0.2, 0) is 9.47 Å². The van der Waals surface area contributed by atoms with Gasteiger partial charge >= 0.3 is 0 Å². The highest BCUT2D eigenvalue weighted by Gasteiger charge is 1.88. The molecule has 0 aliphatic carbocycles. The first kappa shape index (κ1) is 13.4. The van der Waals surface area contributed by atoms with Crippen molar-refractivity contribution in [2.45, 2.75) is 19.8 Å². The molecule has 3 nitrogen and oxygen atoms in total. The third-order valence-corrected chi connectivity index (χ3v) is 1.66. The van der Waals surface area contributed by atoms with Gasteiger partial charge in [-0.3, -0.25) is 0 Å². The first-order valence-corrected chi connectivity index (χ1v) is 5.08. The van der Waals surface area contributed by atoms with Crippen molar-refractivity contribution in [3.8, 4) is 11.8 Å². The molecule has 0 heterocycles. The Morgan fingerprint density at radius 2 is 2.00 bits per heavy atom. The first-order valence-electron chi connectivity index (χ1n) is 5.08. The second-order valence-corrected chi connectivity index (χ2v) is 2.89. The molecule has 0 saturated heterocycles. The molecule has 0 rings (SSSR count). The smallest absolute Gasteiger partial charge is 0.0590 e. The highest BCUT2D eigenvalue weighted by Crippen LogP contribution is 1.82. The number of methoxy groups -OCH3 is 1. The summed E-state index contributed by atoms with van der Waals surface area (Å²) >= 11 is 0. The fourth-order valence-corrected chi connectivity index (χ4v) is 0.953. The number of hydrogen-bond acceptors (Lipinski definition) is 3. The topological polar surface area (TPSA) is 30.5 Å². The monoisotopic (exact) mass is 199 g/mol. The van der Waals surface area contributed by atoms with Crippen LogP contribution in [0.1, 0.15) is 19.8 Å². The zero-order chi connectivity index (χ0) is 10.5. The number of hydrogen-bond donors (Lipinski definition) is 1. The highest BCUT2D eigenvalue weighted by atomic mass is 16.5. The lowest BCUT2D eigenvalue weighted by Gasteiger charge is -2.04. The average Bonchev–Trinajstić information content (AvgIpc) is 2.21. The van der Waals surface area contributed by atoms with Crippen molar-refractivity contribution >= 4 is 0 Å². The molecule has 0 saturated carbocycles. The molecule has 1 N–H and O–H groups in total. The number of nitrogens with one attached hydrogen (secondary N) is 1. The molecule has 0 amide bonds. The Morgan fingerprint density at radius 1 is 1.14 bits per heavy atom. The van der Waals surface area contributed by atoms with Crippen LogP contribution < -0.4 is 5.32 Å². The van der Waals surface area contributed by atoms with E-state index in [1.165, 1.54) is 0 Å². The molecule has 0 aromatic rings. The van der Waals surface area contributed by atoms with Crippen molar-refractivity contribution in [2.75, 3.05) is 40.0 Å². The number of rotatable bonds is 9. The van der Waals surface area contributed by atoms with Gasteiger partial charge in [0.05, 0.1) is 6.61 Å². The van der Waals surface area contributed by atoms with Crippen LogP contribution in [0.5, 0.6) is 0 Å². The summed E-state index contributed by atoms with van der Waals surface area (Å²) < 4.78 is 10.3. The van der Waals surface area contributed by atoms with Crippen molar-refractivity contribution in [3.05, 3.63) is 0 Å². The third-order valence-electron chi connectivity index (χ3n) is 1.66. The van der Waals surface area contributed by atoms with Crippen LogP contribution in [0.2, 0.25) is 0 Å². The molecular formula is C11H21NO2. The molecule has 0 aliphatic heterocycles. The summed E-state index contributed by atoms with van der Waals surface area (Å²) in [6, 6.07) is 0. The van der Waals surface area contributed by atoms with Gasteiger partial charge in [-0.05, 0) is 13.3 Å². The Morgan fingerprint density at radius 3 is 2.71 bits per heavy atom. The van der Waals surface area contributed by atoms with Gasteiger partial charge in [0, 0.05) is 39.8 Å². The standard InChI is InChI=1S/C11H21NO2/c1-3-4-5-7-12-8-11-14-10-6-9-13-2/h12H,5-11H2,1-2H3. The number of ether oxygens (including phenoxy) is 2. The van der Waals surface area contributed by atoms with Gasteiger partial charge in [-0.25, -0.2) is 0 Å². The van der Waals surface area contributed by atoms with E-state index in [-0.39, 0.29) is 0 Å². The van der Waals surface area contributed by atoms with Gasteiger partial charge in [0.15, 0.2) is 0 Å². The largest absolute Gasteiger partial charge is 0.385 e. The van der Waals surface area contributed by atoms with Crippen LogP contribution in [0, 0.1) is 11.8 Å². The molecule has 82 valence electrons. The van der Waals surface area contributed by atoms with Crippen LogP contribution in [0.15, 0.2) is 0 Å². The quantitative estimate of drug-likeness (QED) is 0.444. The molecule has 14 heavy (non-hydrogen) atoms. The van der Waals surface area contributed by atoms with E-state index in [9.17, 15) is 0 Å². The van der Waals surface area contributed by atoms with Gasteiger partial charge in [-0.2, -0.15) is 0 Å². The molecule has 0 aromatic heterocycles. The minimum absolute atomic E-state index is 0.767. The van der Waals surface area contributed by atoms with E-state index in [4.69, 9.17) is 9.47 Å². The summed E-state index contributed by atoms with van der Waals surface area (Å²) in [5.41, 5.74) is 0. The van der Waals surface area contributed by atoms with Gasteiger partial charge in [0.2, 0.25) is 0 Å². The zero-order valence-electron chi connectivity index (χ0n) is 9.27. The molecule has 0 fully saturated rings. The summed E-state index contributed by atoms with van der Waals surface area (Å²) in [4.78, 5) is 0. The van der Waals surface area contributed by atoms with Crippen molar-refractivity contribution < 1.29 is 9.47 Å². The molecular weight excluding hydrogens is 178 g/mol. The van der Waals surface area contributed by atoms with Crippen LogP contribution in [0.4, 0.5) is 0 Å². The van der Waals surface area contributed by atoms with Gasteiger partial charge in [-0.1, -0.05) is 0 Å². The predicted molar refractivity (Wildman–Crippen MR) is 58.2 cm³/mol. The fourth-order valence-electron chi connectivity index (χ4n) is 0.953. The Bertz CT molecular complexity index is 160. The normalized spacial score (nSPS) is 9.57. The van der Waals surface area contributed by atoms with E-state index < -0.39 is 0 Å². The lowest BCUT2D eigenvalue weighted by molar-refractivity contribution is 0.104. The Labute approximate surface area is 87.2 Å². The molecule has 0 unspecified atom stereocenters. The van der Waals surface area contributed by atoms with Crippen LogP contribution in [-0.4, -0.2) is 40.0 Å². The van der Waals surface area contributed by atoms with E-state index in [0.717, 1.165) is 45.8 Å². The second-order valence-electron chi connectivity index (χ2n) is 2.89. The maximum absolute atomic E-state index is 5.36. The van der Waals surface area contributed by atoms with Gasteiger partial charge < -0.3 is 14.8 Å².